The van der Waals surface area contributed by atoms with E-state index in [1.54, 1.807) is 12.1 Å². The number of rotatable bonds is 4. The minimum atomic E-state index is -4.21. The molecule has 1 heterocycles. The third kappa shape index (κ3) is 3.74. The lowest BCUT2D eigenvalue weighted by Crippen LogP contribution is -2.20. The van der Waals surface area contributed by atoms with E-state index in [0.717, 1.165) is 0 Å². The van der Waals surface area contributed by atoms with Crippen LogP contribution in [0.3, 0.4) is 0 Å². The van der Waals surface area contributed by atoms with Crippen molar-refractivity contribution >= 4 is 12.9 Å². The molecule has 1 aromatic heterocycles. The molecule has 0 aliphatic carbocycles. The molecular formula is C10H13N2O3P. The molecule has 6 heteroatoms. The molecule has 0 aliphatic rings. The predicted octanol–water partition coefficient (Wildman–Crippen LogP) is 0.0955. The summed E-state index contributed by atoms with van der Waals surface area (Å²) in [6, 6.07) is 2.66. The summed E-state index contributed by atoms with van der Waals surface area (Å²) in [7, 11) is -4.21. The summed E-state index contributed by atoms with van der Waals surface area (Å²) in [6.45, 7) is 3.40. The molecule has 1 rings (SSSR count). The normalized spacial score (nSPS) is 12.9. The van der Waals surface area contributed by atoms with Crippen LogP contribution in [0.2, 0.25) is 0 Å². The SMILES string of the molecule is C=C=CC(N)Cc1ccc(P(=O)(O)O)cn1. The van der Waals surface area contributed by atoms with E-state index >= 15 is 0 Å². The Balaban J connectivity index is 2.80. The maximum absolute atomic E-state index is 10.9. The van der Waals surface area contributed by atoms with Gasteiger partial charge in [-0.15, -0.1) is 5.73 Å². The smallest absolute Gasteiger partial charge is 0.324 e. The standard InChI is InChI=1S/C10H13N2O3P/c1-2-3-8(11)6-9-4-5-10(7-12-9)16(13,14)15/h3-5,7-8H,1,6,11H2,(H2,13,14,15). The fourth-order valence-electron chi connectivity index (χ4n) is 1.16. The molecule has 86 valence electrons. The zero-order valence-corrected chi connectivity index (χ0v) is 9.47. The quantitative estimate of drug-likeness (QED) is 0.512. The minimum Gasteiger partial charge on any atom is -0.324 e. The summed E-state index contributed by atoms with van der Waals surface area (Å²) < 4.78 is 10.9. The van der Waals surface area contributed by atoms with Crippen molar-refractivity contribution in [1.29, 1.82) is 0 Å². The van der Waals surface area contributed by atoms with E-state index in [-0.39, 0.29) is 11.3 Å². The van der Waals surface area contributed by atoms with Crippen LogP contribution in [-0.2, 0) is 11.0 Å². The van der Waals surface area contributed by atoms with E-state index in [0.29, 0.717) is 12.1 Å². The maximum Gasteiger partial charge on any atom is 0.357 e. The summed E-state index contributed by atoms with van der Waals surface area (Å²) in [4.78, 5) is 21.7. The Morgan fingerprint density at radius 1 is 1.62 bits per heavy atom. The Bertz CT molecular complexity index is 446. The number of aromatic nitrogens is 1. The number of nitrogens with two attached hydrogens (primary N) is 1. The van der Waals surface area contributed by atoms with E-state index in [1.807, 2.05) is 0 Å². The van der Waals surface area contributed by atoms with Gasteiger partial charge in [-0.1, -0.05) is 6.58 Å². The first-order chi connectivity index (χ1) is 7.43. The Kier molecular flexibility index (Phi) is 4.19. The predicted molar refractivity (Wildman–Crippen MR) is 61.3 cm³/mol. The van der Waals surface area contributed by atoms with Gasteiger partial charge in [-0.25, -0.2) is 0 Å². The zero-order chi connectivity index (χ0) is 12.2. The zero-order valence-electron chi connectivity index (χ0n) is 8.58. The first-order valence-corrected chi connectivity index (χ1v) is 6.17. The van der Waals surface area contributed by atoms with E-state index in [2.05, 4.69) is 17.3 Å². The molecule has 0 spiro atoms. The topological polar surface area (TPSA) is 96.4 Å². The third-order valence-corrected chi connectivity index (χ3v) is 2.86. The van der Waals surface area contributed by atoms with Gasteiger partial charge in [-0.2, -0.15) is 0 Å². The summed E-state index contributed by atoms with van der Waals surface area (Å²) in [5.41, 5.74) is 8.92. The van der Waals surface area contributed by atoms with Gasteiger partial charge in [-0.05, 0) is 18.2 Å². The highest BCUT2D eigenvalue weighted by atomic mass is 31.2. The maximum atomic E-state index is 10.9. The van der Waals surface area contributed by atoms with Gasteiger partial charge in [0, 0.05) is 24.4 Å². The Labute approximate surface area is 93.5 Å². The van der Waals surface area contributed by atoms with Gasteiger partial charge < -0.3 is 15.5 Å². The first kappa shape index (κ1) is 12.8. The van der Waals surface area contributed by atoms with Crippen LogP contribution in [0, 0.1) is 0 Å². The fourth-order valence-corrected chi connectivity index (χ4v) is 1.64. The van der Waals surface area contributed by atoms with Crippen molar-refractivity contribution in [2.75, 3.05) is 0 Å². The monoisotopic (exact) mass is 240 g/mol. The van der Waals surface area contributed by atoms with Crippen LogP contribution in [0.5, 0.6) is 0 Å². The van der Waals surface area contributed by atoms with E-state index in [1.165, 1.54) is 12.3 Å². The summed E-state index contributed by atoms with van der Waals surface area (Å²) >= 11 is 0. The van der Waals surface area contributed by atoms with Crippen molar-refractivity contribution in [2.45, 2.75) is 12.5 Å². The van der Waals surface area contributed by atoms with Crippen LogP contribution in [0.25, 0.3) is 0 Å². The van der Waals surface area contributed by atoms with Gasteiger partial charge in [0.25, 0.3) is 0 Å². The molecule has 0 amide bonds. The second-order valence-corrected chi connectivity index (χ2v) is 4.89. The fraction of sp³-hybridized carbons (Fsp3) is 0.200. The Morgan fingerprint density at radius 2 is 2.31 bits per heavy atom. The van der Waals surface area contributed by atoms with Gasteiger partial charge >= 0.3 is 7.60 Å². The summed E-state index contributed by atoms with van der Waals surface area (Å²) in [5.74, 6) is 0. The second kappa shape index (κ2) is 5.21. The van der Waals surface area contributed by atoms with Gasteiger partial charge in [0.15, 0.2) is 0 Å². The molecule has 0 saturated heterocycles. The lowest BCUT2D eigenvalue weighted by Gasteiger charge is -2.06. The van der Waals surface area contributed by atoms with Gasteiger partial charge in [-0.3, -0.25) is 9.55 Å². The molecule has 0 radical (unpaired) electrons. The molecule has 0 aliphatic heterocycles. The molecule has 4 N–H and O–H groups in total. The van der Waals surface area contributed by atoms with Crippen molar-refractivity contribution in [2.24, 2.45) is 5.73 Å². The number of pyridine rings is 1. The van der Waals surface area contributed by atoms with Crippen LogP contribution in [-0.4, -0.2) is 20.8 Å². The average Bonchev–Trinajstić information content (AvgIpc) is 2.17. The molecule has 16 heavy (non-hydrogen) atoms. The molecule has 0 bridgehead atoms. The van der Waals surface area contributed by atoms with Crippen molar-refractivity contribution in [3.63, 3.8) is 0 Å². The van der Waals surface area contributed by atoms with Gasteiger partial charge in [0.1, 0.15) is 0 Å². The molecule has 1 aromatic rings. The van der Waals surface area contributed by atoms with Crippen LogP contribution in [0.4, 0.5) is 0 Å². The van der Waals surface area contributed by atoms with Gasteiger partial charge in [0.05, 0.1) is 5.30 Å². The van der Waals surface area contributed by atoms with Crippen LogP contribution in [0.15, 0.2) is 36.7 Å². The third-order valence-electron chi connectivity index (χ3n) is 1.92. The highest BCUT2D eigenvalue weighted by Crippen LogP contribution is 2.32. The van der Waals surface area contributed by atoms with Crippen molar-refractivity contribution in [3.8, 4) is 0 Å². The summed E-state index contributed by atoms with van der Waals surface area (Å²) in [6.07, 6.45) is 3.25. The minimum absolute atomic E-state index is 0.0934. The van der Waals surface area contributed by atoms with E-state index in [9.17, 15) is 4.57 Å². The van der Waals surface area contributed by atoms with Crippen molar-refractivity contribution < 1.29 is 14.4 Å². The van der Waals surface area contributed by atoms with Crippen LogP contribution >= 0.6 is 7.60 Å². The molecule has 0 fully saturated rings. The van der Waals surface area contributed by atoms with Crippen molar-refractivity contribution in [1.82, 2.24) is 4.98 Å². The Morgan fingerprint density at radius 3 is 2.75 bits per heavy atom. The first-order valence-electron chi connectivity index (χ1n) is 4.56. The number of hydrogen-bond acceptors (Lipinski definition) is 3. The Hall–Kier alpha value is -1.22. The van der Waals surface area contributed by atoms with Crippen molar-refractivity contribution in [3.05, 3.63) is 42.4 Å². The molecule has 0 aromatic carbocycles. The number of hydrogen-bond donors (Lipinski definition) is 3. The second-order valence-electron chi connectivity index (χ2n) is 3.29. The number of nitrogens with zero attached hydrogens (tertiary/aromatic N) is 1. The van der Waals surface area contributed by atoms with Gasteiger partial charge in [0.2, 0.25) is 0 Å². The largest absolute Gasteiger partial charge is 0.357 e. The average molecular weight is 240 g/mol. The lowest BCUT2D eigenvalue weighted by atomic mass is 10.1. The lowest BCUT2D eigenvalue weighted by molar-refractivity contribution is 0.387. The van der Waals surface area contributed by atoms with E-state index in [4.69, 9.17) is 15.5 Å². The molecular weight excluding hydrogens is 227 g/mol. The highest BCUT2D eigenvalue weighted by molar-refractivity contribution is 7.60. The highest BCUT2D eigenvalue weighted by Gasteiger charge is 2.16. The van der Waals surface area contributed by atoms with Crippen LogP contribution < -0.4 is 11.0 Å². The molecule has 0 saturated carbocycles. The summed E-state index contributed by atoms with van der Waals surface area (Å²) in [5, 5.41) is -0.0934. The molecule has 5 nitrogen and oxygen atoms in total. The van der Waals surface area contributed by atoms with Crippen LogP contribution in [0.1, 0.15) is 5.69 Å². The molecule has 1 atom stereocenters. The molecule has 1 unspecified atom stereocenters. The van der Waals surface area contributed by atoms with E-state index < -0.39 is 7.60 Å².